The van der Waals surface area contributed by atoms with Crippen molar-refractivity contribution in [3.63, 3.8) is 0 Å². The summed E-state index contributed by atoms with van der Waals surface area (Å²) in [5.41, 5.74) is -0.270. The molecule has 0 aliphatic carbocycles. The molecule has 1 fully saturated rings. The van der Waals surface area contributed by atoms with Crippen LogP contribution in [0.2, 0.25) is 0 Å². The maximum Gasteiger partial charge on any atom is 0.326 e. The molecule has 1 aliphatic rings. The van der Waals surface area contributed by atoms with Crippen LogP contribution in [0.3, 0.4) is 0 Å². The normalized spacial score (nSPS) is 25.8. The molecule has 6 nitrogen and oxygen atoms in total. The first-order valence-corrected chi connectivity index (χ1v) is 8.64. The predicted octanol–water partition coefficient (Wildman–Crippen LogP) is 2.95. The first kappa shape index (κ1) is 19.9. The number of methoxy groups -OCH3 is 1. The number of carbonyl (C=O) groups excluding carboxylic acids is 2. The van der Waals surface area contributed by atoms with Crippen LogP contribution in [0.4, 0.5) is 0 Å². The van der Waals surface area contributed by atoms with Gasteiger partial charge in [0, 0.05) is 5.41 Å². The second kappa shape index (κ2) is 6.74. The molecule has 0 aromatic heterocycles. The van der Waals surface area contributed by atoms with E-state index in [0.717, 1.165) is 11.1 Å². The van der Waals surface area contributed by atoms with Crippen LogP contribution in [-0.4, -0.2) is 41.0 Å². The lowest BCUT2D eigenvalue weighted by atomic mass is 9.77. The Morgan fingerprint density at radius 1 is 1.23 bits per heavy atom. The van der Waals surface area contributed by atoms with E-state index in [9.17, 15) is 19.5 Å². The number of rotatable bonds is 3. The van der Waals surface area contributed by atoms with Gasteiger partial charge in [-0.3, -0.25) is 9.59 Å². The van der Waals surface area contributed by atoms with Crippen LogP contribution in [0.25, 0.3) is 0 Å². The van der Waals surface area contributed by atoms with Crippen molar-refractivity contribution in [3.05, 3.63) is 35.4 Å². The molecule has 3 atom stereocenters. The average Bonchev–Trinajstić information content (AvgIpc) is 2.87. The Hall–Kier alpha value is -2.37. The number of hydrogen-bond acceptors (Lipinski definition) is 4. The Balaban J connectivity index is 2.74. The molecule has 1 N–H and O–H groups in total. The molecular formula is C20H27NO5. The topological polar surface area (TPSA) is 83.9 Å². The number of nitrogens with zero attached hydrogens (tertiary/aromatic N) is 1. The first-order chi connectivity index (χ1) is 11.9. The van der Waals surface area contributed by atoms with Crippen molar-refractivity contribution in [1.29, 1.82) is 0 Å². The largest absolute Gasteiger partial charge is 0.480 e. The van der Waals surface area contributed by atoms with Gasteiger partial charge in [0.15, 0.2) is 0 Å². The molecule has 1 aromatic rings. The Morgan fingerprint density at radius 3 is 2.27 bits per heavy atom. The molecule has 0 bridgehead atoms. The van der Waals surface area contributed by atoms with Crippen LogP contribution < -0.4 is 0 Å². The zero-order valence-corrected chi connectivity index (χ0v) is 16.2. The summed E-state index contributed by atoms with van der Waals surface area (Å²) in [6, 6.07) is 5.64. The summed E-state index contributed by atoms with van der Waals surface area (Å²) < 4.78 is 5.00. The highest BCUT2D eigenvalue weighted by Gasteiger charge is 2.60. The molecule has 0 radical (unpaired) electrons. The van der Waals surface area contributed by atoms with Gasteiger partial charge in [0.1, 0.15) is 6.04 Å². The maximum absolute atomic E-state index is 13.2. The van der Waals surface area contributed by atoms with E-state index in [-0.39, 0.29) is 12.3 Å². The number of carbonyl (C=O) groups is 3. The van der Waals surface area contributed by atoms with Crippen LogP contribution >= 0.6 is 0 Å². The van der Waals surface area contributed by atoms with Crippen LogP contribution in [0.5, 0.6) is 0 Å². The average molecular weight is 361 g/mol. The molecule has 0 unspecified atom stereocenters. The number of carboxylic acid groups (broad SMARTS) is 1. The number of amides is 1. The number of aliphatic carboxylic acids is 1. The van der Waals surface area contributed by atoms with E-state index >= 15 is 0 Å². The van der Waals surface area contributed by atoms with Gasteiger partial charge < -0.3 is 14.7 Å². The fraction of sp³-hybridized carbons (Fsp3) is 0.550. The fourth-order valence-corrected chi connectivity index (χ4v) is 3.77. The smallest absolute Gasteiger partial charge is 0.326 e. The molecule has 1 heterocycles. The van der Waals surface area contributed by atoms with Crippen molar-refractivity contribution >= 4 is 17.8 Å². The Kier molecular flexibility index (Phi) is 5.17. The molecule has 6 heteroatoms. The van der Waals surface area contributed by atoms with Gasteiger partial charge in [0.05, 0.1) is 18.6 Å². The van der Waals surface area contributed by atoms with Crippen LogP contribution in [-0.2, 0) is 19.1 Å². The van der Waals surface area contributed by atoms with Gasteiger partial charge in [0.25, 0.3) is 0 Å². The number of carboxylic acids is 1. The summed E-state index contributed by atoms with van der Waals surface area (Å²) in [6.45, 7) is 8.81. The maximum atomic E-state index is 13.2. The summed E-state index contributed by atoms with van der Waals surface area (Å²) in [4.78, 5) is 39.2. The highest BCUT2D eigenvalue weighted by molar-refractivity contribution is 5.91. The Bertz CT molecular complexity index is 736. The van der Waals surface area contributed by atoms with E-state index in [1.165, 1.54) is 12.0 Å². The first-order valence-electron chi connectivity index (χ1n) is 8.64. The number of aryl methyl sites for hydroxylation is 1. The molecular weight excluding hydrogens is 334 g/mol. The van der Waals surface area contributed by atoms with E-state index in [0.29, 0.717) is 0 Å². The Morgan fingerprint density at radius 2 is 1.81 bits per heavy atom. The fourth-order valence-electron chi connectivity index (χ4n) is 3.77. The highest BCUT2D eigenvalue weighted by atomic mass is 16.5. The van der Waals surface area contributed by atoms with Gasteiger partial charge in [0.2, 0.25) is 5.91 Å². The SMILES string of the molecule is COC(=O)[C@]1(C)C[C@H](C(=O)O)N(C(=O)C(C)(C)C)[C@@H]1c1ccccc1C. The molecule has 2 rings (SSSR count). The monoisotopic (exact) mass is 361 g/mol. The van der Waals surface area contributed by atoms with E-state index < -0.39 is 34.9 Å². The Labute approximate surface area is 154 Å². The van der Waals surface area contributed by atoms with Crippen molar-refractivity contribution < 1.29 is 24.2 Å². The third-order valence-corrected chi connectivity index (χ3v) is 5.13. The minimum atomic E-state index is -1.15. The van der Waals surface area contributed by atoms with Crippen molar-refractivity contribution in [3.8, 4) is 0 Å². The number of esters is 1. The number of ether oxygens (including phenoxy) is 1. The summed E-state index contributed by atoms with van der Waals surface area (Å²) in [5.74, 6) is -1.93. The van der Waals surface area contributed by atoms with Crippen molar-refractivity contribution in [2.75, 3.05) is 7.11 Å². The van der Waals surface area contributed by atoms with Crippen LogP contribution in [0, 0.1) is 17.8 Å². The van der Waals surface area contributed by atoms with E-state index in [2.05, 4.69) is 0 Å². The summed E-state index contributed by atoms with van der Waals surface area (Å²) in [7, 11) is 1.28. The van der Waals surface area contributed by atoms with Crippen LogP contribution in [0.1, 0.15) is 51.3 Å². The van der Waals surface area contributed by atoms with Gasteiger partial charge in [-0.25, -0.2) is 4.79 Å². The van der Waals surface area contributed by atoms with Crippen molar-refractivity contribution in [2.45, 2.75) is 53.1 Å². The van der Waals surface area contributed by atoms with E-state index in [1.54, 1.807) is 27.7 Å². The van der Waals surface area contributed by atoms with Gasteiger partial charge in [-0.2, -0.15) is 0 Å². The third kappa shape index (κ3) is 3.20. The van der Waals surface area contributed by atoms with E-state index in [1.807, 2.05) is 31.2 Å². The van der Waals surface area contributed by atoms with E-state index in [4.69, 9.17) is 4.74 Å². The number of likely N-dealkylation sites (tertiary alicyclic amines) is 1. The summed E-state index contributed by atoms with van der Waals surface area (Å²) in [6.07, 6.45) is 0.00975. The zero-order valence-electron chi connectivity index (χ0n) is 16.2. The zero-order chi connectivity index (χ0) is 19.9. The highest BCUT2D eigenvalue weighted by Crippen LogP contribution is 2.52. The summed E-state index contributed by atoms with van der Waals surface area (Å²) >= 11 is 0. The lowest BCUT2D eigenvalue weighted by Gasteiger charge is -2.38. The lowest BCUT2D eigenvalue weighted by Crippen LogP contribution is -2.48. The molecule has 1 saturated heterocycles. The van der Waals surface area contributed by atoms with Gasteiger partial charge >= 0.3 is 11.9 Å². The van der Waals surface area contributed by atoms with Crippen LogP contribution in [0.15, 0.2) is 24.3 Å². The molecule has 26 heavy (non-hydrogen) atoms. The predicted molar refractivity (Wildman–Crippen MR) is 96.4 cm³/mol. The number of hydrogen-bond donors (Lipinski definition) is 1. The van der Waals surface area contributed by atoms with Gasteiger partial charge in [-0.1, -0.05) is 45.0 Å². The molecule has 0 saturated carbocycles. The van der Waals surface area contributed by atoms with Gasteiger partial charge in [-0.05, 0) is 31.4 Å². The minimum Gasteiger partial charge on any atom is -0.480 e. The quantitative estimate of drug-likeness (QED) is 0.837. The molecule has 1 amide bonds. The molecule has 0 spiro atoms. The van der Waals surface area contributed by atoms with Crippen molar-refractivity contribution in [1.82, 2.24) is 4.90 Å². The second-order valence-electron chi connectivity index (χ2n) is 8.19. The lowest BCUT2D eigenvalue weighted by molar-refractivity contribution is -0.157. The summed E-state index contributed by atoms with van der Waals surface area (Å²) in [5, 5.41) is 9.77. The molecule has 1 aliphatic heterocycles. The molecule has 1 aromatic carbocycles. The second-order valence-corrected chi connectivity index (χ2v) is 8.19. The van der Waals surface area contributed by atoms with Gasteiger partial charge in [-0.15, -0.1) is 0 Å². The molecule has 142 valence electrons. The number of benzene rings is 1. The third-order valence-electron chi connectivity index (χ3n) is 5.13. The standard InChI is InChI=1S/C20H27NO5/c1-12-9-7-8-10-13(12)15-20(5,18(25)26-6)11-14(16(22)23)21(15)17(24)19(2,3)4/h7-10,14-15H,11H2,1-6H3,(H,22,23)/t14-,15-,20-/m1/s1. The van der Waals surface area contributed by atoms with Crippen molar-refractivity contribution in [2.24, 2.45) is 10.8 Å². The minimum absolute atomic E-state index is 0.00975.